The summed E-state index contributed by atoms with van der Waals surface area (Å²) in [5.41, 5.74) is 2.56. The first kappa shape index (κ1) is 21.1. The Kier molecular flexibility index (Phi) is 6.70. The van der Waals surface area contributed by atoms with Gasteiger partial charge in [-0.1, -0.05) is 49.7 Å². The van der Waals surface area contributed by atoms with E-state index in [2.05, 4.69) is 24.0 Å². The number of rotatable bonds is 7. The number of aromatic nitrogens is 2. The summed E-state index contributed by atoms with van der Waals surface area (Å²) in [6.07, 6.45) is 0.995. The molecule has 0 unspecified atom stereocenters. The van der Waals surface area contributed by atoms with Gasteiger partial charge >= 0.3 is 0 Å². The van der Waals surface area contributed by atoms with Gasteiger partial charge in [0.15, 0.2) is 0 Å². The fraction of sp³-hybridized carbons (Fsp3) is 0.348. The monoisotopic (exact) mass is 411 g/mol. The van der Waals surface area contributed by atoms with E-state index in [-0.39, 0.29) is 18.5 Å². The molecule has 0 bridgehead atoms. The lowest BCUT2D eigenvalue weighted by Crippen LogP contribution is -2.36. The van der Waals surface area contributed by atoms with E-state index in [1.165, 1.54) is 5.56 Å². The highest BCUT2D eigenvalue weighted by Gasteiger charge is 2.22. The predicted octanol–water partition coefficient (Wildman–Crippen LogP) is 5.64. The molecule has 0 radical (unpaired) electrons. The molecule has 29 heavy (non-hydrogen) atoms. The van der Waals surface area contributed by atoms with Crippen molar-refractivity contribution in [1.82, 2.24) is 15.1 Å². The Morgan fingerprint density at radius 2 is 1.72 bits per heavy atom. The molecular weight excluding hydrogens is 386 g/mol. The van der Waals surface area contributed by atoms with Gasteiger partial charge in [-0.05, 0) is 56.0 Å². The fourth-order valence-electron chi connectivity index (χ4n) is 3.12. The second kappa shape index (κ2) is 9.23. The van der Waals surface area contributed by atoms with Crippen LogP contribution in [0.5, 0.6) is 0 Å². The molecule has 0 saturated heterocycles. The predicted molar refractivity (Wildman–Crippen MR) is 115 cm³/mol. The molecule has 0 saturated carbocycles. The molecule has 5 nitrogen and oxygen atoms in total. The van der Waals surface area contributed by atoms with Crippen molar-refractivity contribution < 1.29 is 9.21 Å². The molecule has 152 valence electrons. The van der Waals surface area contributed by atoms with Crippen molar-refractivity contribution in [1.29, 1.82) is 0 Å². The van der Waals surface area contributed by atoms with E-state index in [4.69, 9.17) is 16.0 Å². The zero-order valence-electron chi connectivity index (χ0n) is 17.2. The summed E-state index contributed by atoms with van der Waals surface area (Å²) in [7, 11) is 0. The third-order valence-corrected chi connectivity index (χ3v) is 4.94. The van der Waals surface area contributed by atoms with Gasteiger partial charge in [0.05, 0.1) is 17.1 Å². The summed E-state index contributed by atoms with van der Waals surface area (Å²) in [4.78, 5) is 14.8. The molecule has 0 aliphatic heterocycles. The van der Waals surface area contributed by atoms with Gasteiger partial charge in [-0.2, -0.15) is 0 Å². The van der Waals surface area contributed by atoms with Crippen LogP contribution in [0, 0.1) is 5.92 Å². The Hall–Kier alpha value is -2.66. The smallest absolute Gasteiger partial charge is 0.254 e. The van der Waals surface area contributed by atoms with Gasteiger partial charge in [0.25, 0.3) is 5.91 Å². The lowest BCUT2D eigenvalue weighted by Gasteiger charge is -2.25. The molecule has 1 heterocycles. The van der Waals surface area contributed by atoms with Crippen molar-refractivity contribution in [2.75, 3.05) is 0 Å². The van der Waals surface area contributed by atoms with Crippen LogP contribution in [0.4, 0.5) is 0 Å². The molecule has 2 aromatic carbocycles. The van der Waals surface area contributed by atoms with E-state index in [0.717, 1.165) is 6.42 Å². The second-order valence-electron chi connectivity index (χ2n) is 7.80. The van der Waals surface area contributed by atoms with Crippen LogP contribution in [0.1, 0.15) is 49.5 Å². The summed E-state index contributed by atoms with van der Waals surface area (Å²) in [6.45, 7) is 8.54. The van der Waals surface area contributed by atoms with Crippen molar-refractivity contribution in [2.45, 2.75) is 46.7 Å². The standard InChI is InChI=1S/C23H26ClN3O2/c1-15(2)13-17-9-11-18(12-10-17)23(28)27(16(3)4)14-21-25-26-22(29-21)19-7-5-6-8-20(19)24/h5-12,15-16H,13-14H2,1-4H3. The van der Waals surface area contributed by atoms with Gasteiger partial charge in [-0.15, -0.1) is 10.2 Å². The maximum atomic E-state index is 13.1. The third kappa shape index (κ3) is 5.24. The van der Waals surface area contributed by atoms with E-state index < -0.39 is 0 Å². The highest BCUT2D eigenvalue weighted by Crippen LogP contribution is 2.26. The average Bonchev–Trinajstić information content (AvgIpc) is 3.14. The van der Waals surface area contributed by atoms with Crippen LogP contribution < -0.4 is 0 Å². The average molecular weight is 412 g/mol. The fourth-order valence-corrected chi connectivity index (χ4v) is 3.33. The number of nitrogens with zero attached hydrogens (tertiary/aromatic N) is 3. The van der Waals surface area contributed by atoms with Crippen LogP contribution >= 0.6 is 11.6 Å². The Labute approximate surface area is 176 Å². The summed E-state index contributed by atoms with van der Waals surface area (Å²) in [5.74, 6) is 1.24. The summed E-state index contributed by atoms with van der Waals surface area (Å²) in [6, 6.07) is 15.1. The lowest BCUT2D eigenvalue weighted by atomic mass is 10.0. The van der Waals surface area contributed by atoms with Gasteiger partial charge in [-0.3, -0.25) is 4.79 Å². The minimum absolute atomic E-state index is 0.0199. The first-order valence-corrected chi connectivity index (χ1v) is 10.2. The van der Waals surface area contributed by atoms with Gasteiger partial charge in [-0.25, -0.2) is 0 Å². The topological polar surface area (TPSA) is 59.2 Å². The maximum absolute atomic E-state index is 13.1. The molecule has 0 aliphatic rings. The number of carbonyl (C=O) groups is 1. The molecule has 3 rings (SSSR count). The Morgan fingerprint density at radius 1 is 1.03 bits per heavy atom. The lowest BCUT2D eigenvalue weighted by molar-refractivity contribution is 0.0672. The number of amides is 1. The molecule has 0 N–H and O–H groups in total. The number of carbonyl (C=O) groups excluding carboxylic acids is 1. The van der Waals surface area contributed by atoms with E-state index in [0.29, 0.717) is 33.8 Å². The van der Waals surface area contributed by atoms with E-state index in [9.17, 15) is 4.79 Å². The van der Waals surface area contributed by atoms with Crippen LogP contribution in [-0.4, -0.2) is 27.0 Å². The Bertz CT molecular complexity index is 964. The molecule has 0 spiro atoms. The SMILES string of the molecule is CC(C)Cc1ccc(C(=O)N(Cc2nnc(-c3ccccc3Cl)o2)C(C)C)cc1. The van der Waals surface area contributed by atoms with Crippen LogP contribution in [0.15, 0.2) is 52.9 Å². The number of halogens is 1. The van der Waals surface area contributed by atoms with Gasteiger partial charge in [0.1, 0.15) is 0 Å². The quantitative estimate of drug-likeness (QED) is 0.504. The van der Waals surface area contributed by atoms with Crippen molar-refractivity contribution in [2.24, 2.45) is 5.92 Å². The highest BCUT2D eigenvalue weighted by molar-refractivity contribution is 6.33. The summed E-state index contributed by atoms with van der Waals surface area (Å²) < 4.78 is 5.78. The summed E-state index contributed by atoms with van der Waals surface area (Å²) >= 11 is 6.21. The van der Waals surface area contributed by atoms with Crippen LogP contribution in [0.2, 0.25) is 5.02 Å². The molecule has 3 aromatic rings. The summed E-state index contributed by atoms with van der Waals surface area (Å²) in [5, 5.41) is 8.74. The maximum Gasteiger partial charge on any atom is 0.254 e. The first-order valence-electron chi connectivity index (χ1n) is 9.82. The Morgan fingerprint density at radius 3 is 2.34 bits per heavy atom. The van der Waals surface area contributed by atoms with E-state index in [1.807, 2.05) is 56.3 Å². The van der Waals surface area contributed by atoms with Crippen molar-refractivity contribution in [3.8, 4) is 11.5 Å². The second-order valence-corrected chi connectivity index (χ2v) is 8.21. The van der Waals surface area contributed by atoms with Crippen molar-refractivity contribution in [3.05, 3.63) is 70.6 Å². The zero-order valence-corrected chi connectivity index (χ0v) is 18.0. The number of hydrogen-bond acceptors (Lipinski definition) is 4. The molecule has 0 fully saturated rings. The Balaban J connectivity index is 1.77. The molecule has 6 heteroatoms. The van der Waals surface area contributed by atoms with Gasteiger partial charge in [0, 0.05) is 11.6 Å². The van der Waals surface area contributed by atoms with Crippen molar-refractivity contribution in [3.63, 3.8) is 0 Å². The molecule has 1 aromatic heterocycles. The number of benzene rings is 2. The van der Waals surface area contributed by atoms with Crippen LogP contribution in [0.3, 0.4) is 0 Å². The molecular formula is C23H26ClN3O2. The minimum atomic E-state index is -0.0615. The van der Waals surface area contributed by atoms with Crippen molar-refractivity contribution >= 4 is 17.5 Å². The van der Waals surface area contributed by atoms with Gasteiger partial charge in [0.2, 0.25) is 11.8 Å². The molecule has 0 aliphatic carbocycles. The minimum Gasteiger partial charge on any atom is -0.419 e. The first-order chi connectivity index (χ1) is 13.8. The number of hydrogen-bond donors (Lipinski definition) is 0. The van der Waals surface area contributed by atoms with Crippen LogP contribution in [-0.2, 0) is 13.0 Å². The van der Waals surface area contributed by atoms with Gasteiger partial charge < -0.3 is 9.32 Å². The third-order valence-electron chi connectivity index (χ3n) is 4.61. The molecule has 0 atom stereocenters. The van der Waals surface area contributed by atoms with E-state index >= 15 is 0 Å². The van der Waals surface area contributed by atoms with E-state index in [1.54, 1.807) is 11.0 Å². The van der Waals surface area contributed by atoms with Crippen LogP contribution in [0.25, 0.3) is 11.5 Å². The molecule has 1 amide bonds. The highest BCUT2D eigenvalue weighted by atomic mass is 35.5. The normalized spacial score (nSPS) is 11.3. The largest absolute Gasteiger partial charge is 0.419 e. The zero-order chi connectivity index (χ0) is 21.0.